The average molecular weight is 547 g/mol. The van der Waals surface area contributed by atoms with Crippen LogP contribution in [0.25, 0.3) is 22.7 Å². The molecule has 0 bridgehead atoms. The van der Waals surface area contributed by atoms with Crippen LogP contribution in [0.3, 0.4) is 0 Å². The van der Waals surface area contributed by atoms with E-state index in [0.29, 0.717) is 48.8 Å². The largest absolute Gasteiger partial charge is 0.440 e. The molecule has 1 aliphatic heterocycles. The highest BCUT2D eigenvalue weighted by atomic mass is 32.2. The third kappa shape index (κ3) is 5.26. The molecule has 3 aliphatic rings. The lowest BCUT2D eigenvalue weighted by Crippen LogP contribution is -2.42. The van der Waals surface area contributed by atoms with Gasteiger partial charge in [-0.25, -0.2) is 23.4 Å². The summed E-state index contributed by atoms with van der Waals surface area (Å²) in [5.41, 5.74) is 2.41. The quantitative estimate of drug-likeness (QED) is 0.492. The Hall–Kier alpha value is -3.78. The maximum absolute atomic E-state index is 13.4. The van der Waals surface area contributed by atoms with E-state index in [1.165, 1.54) is 6.33 Å². The van der Waals surface area contributed by atoms with Gasteiger partial charge in [0.1, 0.15) is 23.3 Å². The number of rotatable bonds is 6. The van der Waals surface area contributed by atoms with E-state index in [1.54, 1.807) is 12.4 Å². The van der Waals surface area contributed by atoms with E-state index in [4.69, 9.17) is 9.40 Å². The molecule has 3 heterocycles. The molecule has 10 nitrogen and oxygen atoms in total. The van der Waals surface area contributed by atoms with E-state index in [0.717, 1.165) is 36.9 Å². The highest BCUT2D eigenvalue weighted by Gasteiger charge is 2.47. The van der Waals surface area contributed by atoms with Gasteiger partial charge in [-0.2, -0.15) is 5.26 Å². The van der Waals surface area contributed by atoms with E-state index < -0.39 is 15.4 Å². The number of hydrogen-bond acceptors (Lipinski definition) is 9. The van der Waals surface area contributed by atoms with Crippen LogP contribution in [0.15, 0.2) is 47.4 Å². The van der Waals surface area contributed by atoms with Crippen LogP contribution in [0.2, 0.25) is 0 Å². The lowest BCUT2D eigenvalue weighted by Gasteiger charge is -2.30. The zero-order chi connectivity index (χ0) is 27.0. The first-order valence-corrected chi connectivity index (χ1v) is 15.2. The highest BCUT2D eigenvalue weighted by Crippen LogP contribution is 2.45. The number of aromatic nitrogens is 3. The number of nitriles is 1. The van der Waals surface area contributed by atoms with Crippen molar-refractivity contribution >= 4 is 21.4 Å². The summed E-state index contributed by atoms with van der Waals surface area (Å²) < 4.78 is 30.1. The van der Waals surface area contributed by atoms with Crippen molar-refractivity contribution in [1.29, 1.82) is 5.26 Å². The molecule has 2 aliphatic carbocycles. The number of nitrogens with zero attached hydrogens (tertiary/aromatic N) is 5. The van der Waals surface area contributed by atoms with Crippen LogP contribution in [-0.2, 0) is 14.6 Å². The number of anilines is 1. The van der Waals surface area contributed by atoms with Gasteiger partial charge < -0.3 is 14.6 Å². The van der Waals surface area contributed by atoms with Crippen molar-refractivity contribution in [2.45, 2.75) is 50.0 Å². The van der Waals surface area contributed by atoms with Gasteiger partial charge >= 0.3 is 0 Å². The second kappa shape index (κ2) is 10.1. The summed E-state index contributed by atoms with van der Waals surface area (Å²) in [7, 11) is -2.96. The normalized spacial score (nSPS) is 23.5. The van der Waals surface area contributed by atoms with Gasteiger partial charge in [-0.3, -0.25) is 4.79 Å². The van der Waals surface area contributed by atoms with Gasteiger partial charge in [-0.05, 0) is 37.8 Å². The number of hydrogen-bond donors (Lipinski definition) is 1. The van der Waals surface area contributed by atoms with Crippen LogP contribution in [0, 0.1) is 17.2 Å². The van der Waals surface area contributed by atoms with Crippen molar-refractivity contribution in [3.05, 3.63) is 48.7 Å². The number of carbonyl (C=O) groups excluding carboxylic acids is 1. The first-order chi connectivity index (χ1) is 18.9. The SMILES string of the molecule is N#CC1(NC(=O)[C@@H]2CCCC[C@H]2c2oc(-c3cncnc3)nc2-c2ccc(N3CCS(=O)(=O)CC3)cc2)CC1. The summed E-state index contributed by atoms with van der Waals surface area (Å²) in [6.45, 7) is 0.941. The molecule has 1 N–H and O–H groups in total. The Kier molecular flexibility index (Phi) is 6.59. The van der Waals surface area contributed by atoms with E-state index >= 15 is 0 Å². The predicted octanol–water partition coefficient (Wildman–Crippen LogP) is 3.48. The second-order valence-corrected chi connectivity index (χ2v) is 13.0. The second-order valence-electron chi connectivity index (χ2n) is 10.7. The van der Waals surface area contributed by atoms with Crippen molar-refractivity contribution in [1.82, 2.24) is 20.3 Å². The van der Waals surface area contributed by atoms with Gasteiger partial charge in [0.2, 0.25) is 11.8 Å². The highest BCUT2D eigenvalue weighted by molar-refractivity contribution is 7.91. The molecule has 6 rings (SSSR count). The van der Waals surface area contributed by atoms with E-state index in [2.05, 4.69) is 26.3 Å². The van der Waals surface area contributed by atoms with Crippen molar-refractivity contribution in [2.24, 2.45) is 5.92 Å². The van der Waals surface area contributed by atoms with E-state index in [1.807, 2.05) is 24.3 Å². The molecule has 0 spiro atoms. The molecule has 2 atom stereocenters. The zero-order valence-electron chi connectivity index (χ0n) is 21.5. The third-order valence-electron chi connectivity index (χ3n) is 8.08. The molecular weight excluding hydrogens is 516 g/mol. The van der Waals surface area contributed by atoms with Crippen LogP contribution < -0.4 is 10.2 Å². The van der Waals surface area contributed by atoms with Gasteiger partial charge in [-0.15, -0.1) is 0 Å². The fourth-order valence-corrected chi connectivity index (χ4v) is 6.80. The molecule has 11 heteroatoms. The Morgan fingerprint density at radius 2 is 1.74 bits per heavy atom. The minimum absolute atomic E-state index is 0.0962. The standard InChI is InChI=1S/C28H30N6O4S/c29-17-28(9-10-28)33-26(35)23-4-2-1-3-22(23)25-24(32-27(38-25)20-15-30-18-31-16-20)19-5-7-21(8-6-19)34-11-13-39(36,37)14-12-34/h5-8,15-16,18,22-23H,1-4,9-14H2,(H,33,35)/t22-,23-/m1/s1. The topological polar surface area (TPSA) is 142 Å². The fraction of sp³-hybridized carbons (Fsp3) is 0.464. The first kappa shape index (κ1) is 25.5. The smallest absolute Gasteiger partial charge is 0.230 e. The molecule has 1 saturated heterocycles. The average Bonchev–Trinajstić information content (AvgIpc) is 3.60. The van der Waals surface area contributed by atoms with Crippen LogP contribution in [0.5, 0.6) is 0 Å². The number of oxazole rings is 1. The molecular formula is C28H30N6O4S. The Balaban J connectivity index is 1.34. The van der Waals surface area contributed by atoms with Crippen LogP contribution in [0.1, 0.15) is 50.2 Å². The minimum Gasteiger partial charge on any atom is -0.440 e. The summed E-state index contributed by atoms with van der Waals surface area (Å²) in [5, 5.41) is 12.5. The number of carbonyl (C=O) groups is 1. The van der Waals surface area contributed by atoms with Crippen LogP contribution in [-0.4, -0.2) is 59.4 Å². The van der Waals surface area contributed by atoms with E-state index in [9.17, 15) is 18.5 Å². The minimum atomic E-state index is -2.96. The molecule has 1 amide bonds. The first-order valence-electron chi connectivity index (χ1n) is 13.4. The zero-order valence-corrected chi connectivity index (χ0v) is 22.4. The Labute approximate surface area is 227 Å². The van der Waals surface area contributed by atoms with E-state index in [-0.39, 0.29) is 29.2 Å². The third-order valence-corrected chi connectivity index (χ3v) is 9.69. The number of amides is 1. The molecule has 3 fully saturated rings. The van der Waals surface area contributed by atoms with Gasteiger partial charge in [0.25, 0.3) is 0 Å². The molecule has 3 aromatic rings. The van der Waals surface area contributed by atoms with Crippen molar-refractivity contribution in [3.8, 4) is 28.8 Å². The molecule has 1 aromatic carbocycles. The Bertz CT molecular complexity index is 1500. The summed E-state index contributed by atoms with van der Waals surface area (Å²) in [6.07, 6.45) is 9.54. The fourth-order valence-electron chi connectivity index (χ4n) is 5.60. The molecule has 202 valence electrons. The molecule has 2 saturated carbocycles. The van der Waals surface area contributed by atoms with Crippen molar-refractivity contribution in [2.75, 3.05) is 29.5 Å². The maximum atomic E-state index is 13.4. The van der Waals surface area contributed by atoms with Gasteiger partial charge in [0, 0.05) is 48.6 Å². The van der Waals surface area contributed by atoms with Crippen LogP contribution >= 0.6 is 0 Å². The number of benzene rings is 1. The number of sulfone groups is 1. The van der Waals surface area contributed by atoms with Crippen molar-refractivity contribution < 1.29 is 17.6 Å². The molecule has 0 radical (unpaired) electrons. The monoisotopic (exact) mass is 546 g/mol. The summed E-state index contributed by atoms with van der Waals surface area (Å²) in [6, 6.07) is 10.2. The lowest BCUT2D eigenvalue weighted by atomic mass is 9.76. The molecule has 0 unspecified atom stereocenters. The predicted molar refractivity (Wildman–Crippen MR) is 144 cm³/mol. The van der Waals surface area contributed by atoms with Gasteiger partial charge in [0.15, 0.2) is 9.84 Å². The van der Waals surface area contributed by atoms with Gasteiger partial charge in [-0.1, -0.05) is 25.0 Å². The molecule has 2 aromatic heterocycles. The Morgan fingerprint density at radius 1 is 1.05 bits per heavy atom. The van der Waals surface area contributed by atoms with Crippen LogP contribution in [0.4, 0.5) is 5.69 Å². The van der Waals surface area contributed by atoms with Gasteiger partial charge in [0.05, 0.1) is 23.1 Å². The maximum Gasteiger partial charge on any atom is 0.230 e. The summed E-state index contributed by atoms with van der Waals surface area (Å²) >= 11 is 0. The molecule has 39 heavy (non-hydrogen) atoms. The summed E-state index contributed by atoms with van der Waals surface area (Å²) in [5.74, 6) is 0.776. The lowest BCUT2D eigenvalue weighted by molar-refractivity contribution is -0.127. The number of nitrogens with one attached hydrogen (secondary N) is 1. The summed E-state index contributed by atoms with van der Waals surface area (Å²) in [4.78, 5) is 28.5. The van der Waals surface area contributed by atoms with Crippen molar-refractivity contribution in [3.63, 3.8) is 0 Å². The Morgan fingerprint density at radius 3 is 2.41 bits per heavy atom.